The van der Waals surface area contributed by atoms with Crippen molar-refractivity contribution in [1.29, 1.82) is 0 Å². The molecule has 3 aromatic rings. The van der Waals surface area contributed by atoms with E-state index in [1.165, 1.54) is 11.8 Å². The van der Waals surface area contributed by atoms with Crippen LogP contribution in [0.25, 0.3) is 10.9 Å². The number of benzene rings is 2. The zero-order valence-corrected chi connectivity index (χ0v) is 15.7. The first kappa shape index (κ1) is 17.8. The van der Waals surface area contributed by atoms with Crippen molar-refractivity contribution in [2.75, 3.05) is 5.75 Å². The molecule has 0 spiro atoms. The van der Waals surface area contributed by atoms with E-state index in [1.807, 2.05) is 62.4 Å². The predicted molar refractivity (Wildman–Crippen MR) is 103 cm³/mol. The molecule has 25 heavy (non-hydrogen) atoms. The van der Waals surface area contributed by atoms with Gasteiger partial charge in [-0.05, 0) is 43.2 Å². The van der Waals surface area contributed by atoms with Crippen LogP contribution in [-0.2, 0) is 16.1 Å². The molecule has 0 saturated carbocycles. The predicted octanol–water partition coefficient (Wildman–Crippen LogP) is 5.34. The Morgan fingerprint density at radius 2 is 1.96 bits per heavy atom. The Morgan fingerprint density at radius 3 is 2.76 bits per heavy atom. The number of fused-ring (bicyclic) bond motifs is 1. The second kappa shape index (κ2) is 7.89. The highest BCUT2D eigenvalue weighted by molar-refractivity contribution is 8.00. The van der Waals surface area contributed by atoms with Crippen molar-refractivity contribution < 1.29 is 9.53 Å². The number of halogens is 1. The van der Waals surface area contributed by atoms with Crippen molar-refractivity contribution in [2.45, 2.75) is 25.3 Å². The van der Waals surface area contributed by atoms with Gasteiger partial charge in [0.2, 0.25) is 0 Å². The molecule has 2 aromatic carbocycles. The van der Waals surface area contributed by atoms with Crippen LogP contribution in [0.4, 0.5) is 0 Å². The Bertz CT molecular complexity index is 927. The highest BCUT2D eigenvalue weighted by Gasteiger charge is 2.10. The van der Waals surface area contributed by atoms with Crippen LogP contribution >= 0.6 is 23.4 Å². The molecule has 0 N–H and O–H groups in total. The third-order valence-corrected chi connectivity index (χ3v) is 5.30. The molecule has 0 unspecified atom stereocenters. The van der Waals surface area contributed by atoms with Gasteiger partial charge in [0, 0.05) is 15.8 Å². The number of esters is 1. The number of pyridine rings is 1. The van der Waals surface area contributed by atoms with E-state index < -0.39 is 0 Å². The van der Waals surface area contributed by atoms with Crippen LogP contribution in [0.3, 0.4) is 0 Å². The molecule has 0 aliphatic rings. The molecule has 0 saturated heterocycles. The maximum Gasteiger partial charge on any atom is 0.316 e. The molecule has 3 rings (SSSR count). The number of hydrogen-bond acceptors (Lipinski definition) is 4. The van der Waals surface area contributed by atoms with Crippen LogP contribution in [0.5, 0.6) is 0 Å². The molecule has 1 aromatic heterocycles. The largest absolute Gasteiger partial charge is 0.460 e. The van der Waals surface area contributed by atoms with Crippen LogP contribution in [0.15, 0.2) is 53.4 Å². The number of nitrogens with zero attached hydrogens (tertiary/aromatic N) is 1. The van der Waals surface area contributed by atoms with E-state index in [9.17, 15) is 4.79 Å². The van der Waals surface area contributed by atoms with E-state index in [1.54, 1.807) is 0 Å². The third kappa shape index (κ3) is 4.53. The van der Waals surface area contributed by atoms with Gasteiger partial charge < -0.3 is 4.74 Å². The van der Waals surface area contributed by atoms with Gasteiger partial charge in [-0.2, -0.15) is 0 Å². The summed E-state index contributed by atoms with van der Waals surface area (Å²) in [5, 5.41) is 1.35. The number of aryl methyl sites for hydroxylation is 2. The van der Waals surface area contributed by atoms with Gasteiger partial charge in [0.05, 0.1) is 11.3 Å². The summed E-state index contributed by atoms with van der Waals surface area (Å²) >= 11 is 7.70. The number of rotatable bonds is 5. The van der Waals surface area contributed by atoms with Crippen LogP contribution in [0.1, 0.15) is 16.7 Å². The van der Waals surface area contributed by atoms with E-state index in [2.05, 4.69) is 4.98 Å². The Morgan fingerprint density at radius 1 is 1.16 bits per heavy atom. The van der Waals surface area contributed by atoms with E-state index in [0.29, 0.717) is 10.7 Å². The first-order valence-electron chi connectivity index (χ1n) is 7.93. The van der Waals surface area contributed by atoms with Gasteiger partial charge in [-0.1, -0.05) is 41.9 Å². The van der Waals surface area contributed by atoms with Crippen molar-refractivity contribution in [3.05, 3.63) is 70.4 Å². The molecule has 0 bridgehead atoms. The second-order valence-corrected chi connectivity index (χ2v) is 7.22. The standard InChI is InChI=1S/C20H18ClNO2S/c1-13-7-8-15-10-16(20(21)22-17(15)9-13)11-24-19(23)12-25-18-6-4-3-5-14(18)2/h3-10H,11-12H2,1-2H3. The van der Waals surface area contributed by atoms with Crippen LogP contribution in [0.2, 0.25) is 5.15 Å². The summed E-state index contributed by atoms with van der Waals surface area (Å²) in [4.78, 5) is 17.5. The minimum atomic E-state index is -0.270. The highest BCUT2D eigenvalue weighted by atomic mass is 35.5. The number of carbonyl (C=O) groups excluding carboxylic acids is 1. The fourth-order valence-corrected chi connectivity index (χ4v) is 3.48. The molecule has 3 nitrogen and oxygen atoms in total. The number of ether oxygens (including phenoxy) is 1. The molecule has 1 heterocycles. The van der Waals surface area contributed by atoms with Crippen molar-refractivity contribution in [3.8, 4) is 0 Å². The van der Waals surface area contributed by atoms with Crippen molar-refractivity contribution in [3.63, 3.8) is 0 Å². The Hall–Kier alpha value is -2.04. The van der Waals surface area contributed by atoms with Crippen LogP contribution < -0.4 is 0 Å². The van der Waals surface area contributed by atoms with Gasteiger partial charge in [-0.3, -0.25) is 4.79 Å². The van der Waals surface area contributed by atoms with Gasteiger partial charge in [-0.15, -0.1) is 11.8 Å². The molecule has 128 valence electrons. The first-order chi connectivity index (χ1) is 12.0. The van der Waals surface area contributed by atoms with Gasteiger partial charge in [0.1, 0.15) is 11.8 Å². The average molecular weight is 372 g/mol. The molecule has 0 aliphatic heterocycles. The number of carbonyl (C=O) groups is 1. The minimum Gasteiger partial charge on any atom is -0.460 e. The third-order valence-electron chi connectivity index (χ3n) is 3.83. The van der Waals surface area contributed by atoms with Crippen molar-refractivity contribution in [2.24, 2.45) is 0 Å². The first-order valence-corrected chi connectivity index (χ1v) is 9.29. The summed E-state index contributed by atoms with van der Waals surface area (Å²) in [6, 6.07) is 15.9. The van der Waals surface area contributed by atoms with E-state index in [4.69, 9.17) is 16.3 Å². The van der Waals surface area contributed by atoms with Crippen LogP contribution in [-0.4, -0.2) is 16.7 Å². The van der Waals surface area contributed by atoms with E-state index in [-0.39, 0.29) is 18.3 Å². The molecular weight excluding hydrogens is 354 g/mol. The summed E-state index contributed by atoms with van der Waals surface area (Å²) in [6.45, 7) is 4.16. The maximum atomic E-state index is 12.0. The fourth-order valence-electron chi connectivity index (χ4n) is 2.45. The number of aromatic nitrogens is 1. The Kier molecular flexibility index (Phi) is 5.61. The topological polar surface area (TPSA) is 39.2 Å². The number of thioether (sulfide) groups is 1. The highest BCUT2D eigenvalue weighted by Crippen LogP contribution is 2.24. The minimum absolute atomic E-state index is 0.128. The molecule has 5 heteroatoms. The smallest absolute Gasteiger partial charge is 0.316 e. The molecule has 0 aliphatic carbocycles. The summed E-state index contributed by atoms with van der Waals surface area (Å²) in [7, 11) is 0. The lowest BCUT2D eigenvalue weighted by atomic mass is 10.1. The summed E-state index contributed by atoms with van der Waals surface area (Å²) < 4.78 is 5.36. The SMILES string of the molecule is Cc1ccc2cc(COC(=O)CSc3ccccc3C)c(Cl)nc2c1. The molecule has 0 atom stereocenters. The molecule has 0 radical (unpaired) electrons. The average Bonchev–Trinajstić information content (AvgIpc) is 2.59. The van der Waals surface area contributed by atoms with Gasteiger partial charge in [0.25, 0.3) is 0 Å². The van der Waals surface area contributed by atoms with Gasteiger partial charge >= 0.3 is 5.97 Å². The second-order valence-electron chi connectivity index (χ2n) is 5.85. The summed E-state index contributed by atoms with van der Waals surface area (Å²) in [5.41, 5.74) is 3.84. The van der Waals surface area contributed by atoms with Gasteiger partial charge in [-0.25, -0.2) is 4.98 Å². The lowest BCUT2D eigenvalue weighted by molar-refractivity contribution is -0.141. The number of hydrogen-bond donors (Lipinski definition) is 0. The fraction of sp³-hybridized carbons (Fsp3) is 0.200. The monoisotopic (exact) mass is 371 g/mol. The Balaban J connectivity index is 1.62. The Labute approximate surface area is 156 Å². The normalized spacial score (nSPS) is 10.8. The molecule has 0 amide bonds. The zero-order chi connectivity index (χ0) is 17.8. The van der Waals surface area contributed by atoms with Crippen LogP contribution in [0, 0.1) is 13.8 Å². The lowest BCUT2D eigenvalue weighted by Crippen LogP contribution is -2.08. The van der Waals surface area contributed by atoms with Crippen molar-refractivity contribution >= 4 is 40.2 Å². The summed E-state index contributed by atoms with van der Waals surface area (Å²) in [6.07, 6.45) is 0. The van der Waals surface area contributed by atoms with E-state index in [0.717, 1.165) is 26.9 Å². The summed E-state index contributed by atoms with van der Waals surface area (Å²) in [5.74, 6) is -0.00353. The zero-order valence-electron chi connectivity index (χ0n) is 14.1. The lowest BCUT2D eigenvalue weighted by Gasteiger charge is -2.09. The van der Waals surface area contributed by atoms with Crippen molar-refractivity contribution in [1.82, 2.24) is 4.98 Å². The molecular formula is C20H18ClNO2S. The van der Waals surface area contributed by atoms with E-state index >= 15 is 0 Å². The molecule has 0 fully saturated rings. The van der Waals surface area contributed by atoms with Gasteiger partial charge in [0.15, 0.2) is 0 Å². The maximum absolute atomic E-state index is 12.0. The quantitative estimate of drug-likeness (QED) is 0.344.